The summed E-state index contributed by atoms with van der Waals surface area (Å²) in [6.07, 6.45) is -2.24. The summed E-state index contributed by atoms with van der Waals surface area (Å²) in [7, 11) is 0. The van der Waals surface area contributed by atoms with E-state index in [0.29, 0.717) is 42.8 Å². The molecule has 0 spiro atoms. The summed E-state index contributed by atoms with van der Waals surface area (Å²) >= 11 is 0. The minimum absolute atomic E-state index is 0.000705. The van der Waals surface area contributed by atoms with Crippen LogP contribution in [-0.2, 0) is 6.18 Å². The van der Waals surface area contributed by atoms with Crippen LogP contribution >= 0.6 is 0 Å². The molecule has 10 heteroatoms. The molecule has 1 amide bonds. The van der Waals surface area contributed by atoms with Crippen molar-refractivity contribution in [3.8, 4) is 17.3 Å². The second kappa shape index (κ2) is 9.47. The number of alkyl halides is 3. The molecule has 6 nitrogen and oxygen atoms in total. The quantitative estimate of drug-likeness (QED) is 0.566. The van der Waals surface area contributed by atoms with Gasteiger partial charge in [0.15, 0.2) is 0 Å². The molecule has 0 atom stereocenters. The molecule has 2 aromatic heterocycles. The van der Waals surface area contributed by atoms with Crippen molar-refractivity contribution in [1.82, 2.24) is 15.3 Å². The van der Waals surface area contributed by atoms with Crippen molar-refractivity contribution in [3.05, 3.63) is 77.4 Å². The number of amides is 1. The number of benzene rings is 1. The number of rotatable bonds is 4. The van der Waals surface area contributed by atoms with Gasteiger partial charge in [0.05, 0.1) is 16.8 Å². The number of carbonyl (C=O) groups is 1. The molecular formula is C24H19F4N5O. The summed E-state index contributed by atoms with van der Waals surface area (Å²) in [6, 6.07) is 12.8. The van der Waals surface area contributed by atoms with Gasteiger partial charge >= 0.3 is 6.18 Å². The summed E-state index contributed by atoms with van der Waals surface area (Å²) in [5, 5.41) is 12.2. The first-order valence-corrected chi connectivity index (χ1v) is 10.5. The number of anilines is 1. The third kappa shape index (κ3) is 5.14. The molecule has 4 rings (SSSR count). The molecule has 0 unspecified atom stereocenters. The maximum atomic E-state index is 13.4. The summed E-state index contributed by atoms with van der Waals surface area (Å²) in [5.41, 5.74) is 0.491. The molecule has 1 N–H and O–H groups in total. The Morgan fingerprint density at radius 2 is 1.88 bits per heavy atom. The van der Waals surface area contributed by atoms with Crippen molar-refractivity contribution >= 4 is 11.7 Å². The highest BCUT2D eigenvalue weighted by Gasteiger charge is 2.34. The van der Waals surface area contributed by atoms with Gasteiger partial charge in [0, 0.05) is 30.9 Å². The fourth-order valence-corrected chi connectivity index (χ4v) is 3.79. The average molecular weight is 469 g/mol. The molecule has 3 aromatic rings. The third-order valence-corrected chi connectivity index (χ3v) is 5.56. The van der Waals surface area contributed by atoms with Crippen LogP contribution in [0.25, 0.3) is 11.3 Å². The number of nitrogens with one attached hydrogen (secondary N) is 1. The zero-order valence-electron chi connectivity index (χ0n) is 17.8. The number of piperidine rings is 1. The Bertz CT molecular complexity index is 1230. The highest BCUT2D eigenvalue weighted by molar-refractivity contribution is 5.94. The summed E-state index contributed by atoms with van der Waals surface area (Å²) in [5.74, 6) is -0.708. The van der Waals surface area contributed by atoms with E-state index in [9.17, 15) is 27.6 Å². The molecule has 1 aliphatic rings. The Labute approximate surface area is 192 Å². The second-order valence-electron chi connectivity index (χ2n) is 7.85. The minimum Gasteiger partial charge on any atom is -0.355 e. The zero-order valence-corrected chi connectivity index (χ0v) is 17.8. The number of hydrogen-bond acceptors (Lipinski definition) is 5. The van der Waals surface area contributed by atoms with Crippen LogP contribution in [0.2, 0.25) is 0 Å². The smallest absolute Gasteiger partial charge is 0.355 e. The van der Waals surface area contributed by atoms with E-state index < -0.39 is 11.9 Å². The van der Waals surface area contributed by atoms with E-state index in [1.807, 2.05) is 6.07 Å². The highest BCUT2D eigenvalue weighted by atomic mass is 19.4. The van der Waals surface area contributed by atoms with Gasteiger partial charge in [-0.15, -0.1) is 0 Å². The van der Waals surface area contributed by atoms with Gasteiger partial charge in [0.1, 0.15) is 23.4 Å². The lowest BCUT2D eigenvalue weighted by Gasteiger charge is -2.33. The van der Waals surface area contributed by atoms with Gasteiger partial charge < -0.3 is 10.2 Å². The van der Waals surface area contributed by atoms with Crippen LogP contribution in [-0.4, -0.2) is 35.0 Å². The Kier molecular flexibility index (Phi) is 6.45. The van der Waals surface area contributed by atoms with E-state index in [0.717, 1.165) is 12.1 Å². The molecular weight excluding hydrogens is 450 g/mol. The van der Waals surface area contributed by atoms with Gasteiger partial charge in [-0.25, -0.2) is 9.37 Å². The van der Waals surface area contributed by atoms with E-state index in [1.54, 1.807) is 29.2 Å². The van der Waals surface area contributed by atoms with Crippen molar-refractivity contribution in [2.45, 2.75) is 25.1 Å². The number of aromatic nitrogens is 2. The highest BCUT2D eigenvalue weighted by Crippen LogP contribution is 2.31. The Morgan fingerprint density at radius 3 is 2.50 bits per heavy atom. The largest absolute Gasteiger partial charge is 0.433 e. The van der Waals surface area contributed by atoms with Gasteiger partial charge in [0.25, 0.3) is 5.91 Å². The monoisotopic (exact) mass is 469 g/mol. The van der Waals surface area contributed by atoms with Crippen LogP contribution in [0.1, 0.15) is 34.5 Å². The van der Waals surface area contributed by atoms with Crippen LogP contribution in [0.15, 0.2) is 54.7 Å². The van der Waals surface area contributed by atoms with Gasteiger partial charge in [-0.3, -0.25) is 9.78 Å². The van der Waals surface area contributed by atoms with Crippen LogP contribution < -0.4 is 10.2 Å². The molecule has 0 saturated carbocycles. The molecule has 0 bridgehead atoms. The zero-order chi connectivity index (χ0) is 24.3. The molecule has 1 aromatic carbocycles. The molecule has 1 saturated heterocycles. The molecule has 0 radical (unpaired) electrons. The van der Waals surface area contributed by atoms with E-state index in [1.165, 1.54) is 18.3 Å². The topological polar surface area (TPSA) is 81.9 Å². The van der Waals surface area contributed by atoms with Crippen molar-refractivity contribution in [1.29, 1.82) is 5.26 Å². The van der Waals surface area contributed by atoms with E-state index in [2.05, 4.69) is 15.3 Å². The van der Waals surface area contributed by atoms with Crippen LogP contribution in [0, 0.1) is 17.1 Å². The normalized spacial score (nSPS) is 14.5. The average Bonchev–Trinajstić information content (AvgIpc) is 2.83. The second-order valence-corrected chi connectivity index (χ2v) is 7.85. The Hall–Kier alpha value is -4.00. The Balaban J connectivity index is 1.38. The number of hydrogen-bond donors (Lipinski definition) is 1. The first kappa shape index (κ1) is 23.2. The maximum Gasteiger partial charge on any atom is 0.433 e. The minimum atomic E-state index is -4.60. The standard InChI is InChI=1S/C24H19F4N5O/c25-18-3-1-2-15(12-18)20-6-4-17(14-30-20)23(34)31-19-8-10-33(11-9-19)22-16(13-29)5-7-21(32-22)24(26,27)28/h1-7,12,14,19H,8-11H2,(H,31,34). The third-order valence-electron chi connectivity index (χ3n) is 5.56. The molecule has 174 valence electrons. The summed E-state index contributed by atoms with van der Waals surface area (Å²) in [4.78, 5) is 22.2. The lowest BCUT2D eigenvalue weighted by atomic mass is 10.0. The maximum absolute atomic E-state index is 13.4. The van der Waals surface area contributed by atoms with Crippen LogP contribution in [0.5, 0.6) is 0 Å². The van der Waals surface area contributed by atoms with Gasteiger partial charge in [0.2, 0.25) is 0 Å². The van der Waals surface area contributed by atoms with Gasteiger partial charge in [-0.05, 0) is 49.2 Å². The number of nitriles is 1. The molecule has 34 heavy (non-hydrogen) atoms. The van der Waals surface area contributed by atoms with Gasteiger partial charge in [-0.2, -0.15) is 18.4 Å². The SMILES string of the molecule is N#Cc1ccc(C(F)(F)F)nc1N1CCC(NC(=O)c2ccc(-c3cccc(F)c3)nc2)CC1. The van der Waals surface area contributed by atoms with Crippen LogP contribution in [0.3, 0.4) is 0 Å². The fourth-order valence-electron chi connectivity index (χ4n) is 3.79. The van der Waals surface area contributed by atoms with E-state index in [-0.39, 0.29) is 29.1 Å². The number of halogens is 4. The first-order chi connectivity index (χ1) is 16.2. The summed E-state index contributed by atoms with van der Waals surface area (Å²) in [6.45, 7) is 0.676. The van der Waals surface area contributed by atoms with Crippen molar-refractivity contribution < 1.29 is 22.4 Å². The predicted octanol–water partition coefficient (Wildman–Crippen LogP) is 4.57. The lowest BCUT2D eigenvalue weighted by Crippen LogP contribution is -2.45. The van der Waals surface area contributed by atoms with Gasteiger partial charge in [-0.1, -0.05) is 12.1 Å². The Morgan fingerprint density at radius 1 is 1.12 bits per heavy atom. The van der Waals surface area contributed by atoms with E-state index >= 15 is 0 Å². The molecule has 1 fully saturated rings. The number of pyridine rings is 2. The first-order valence-electron chi connectivity index (χ1n) is 10.5. The molecule has 3 heterocycles. The fraction of sp³-hybridized carbons (Fsp3) is 0.250. The molecule has 0 aliphatic carbocycles. The number of carbonyl (C=O) groups excluding carboxylic acids is 1. The lowest BCUT2D eigenvalue weighted by molar-refractivity contribution is -0.141. The molecule has 1 aliphatic heterocycles. The van der Waals surface area contributed by atoms with E-state index in [4.69, 9.17) is 0 Å². The van der Waals surface area contributed by atoms with Crippen LogP contribution in [0.4, 0.5) is 23.4 Å². The summed E-state index contributed by atoms with van der Waals surface area (Å²) < 4.78 is 52.5. The van der Waals surface area contributed by atoms with Crippen molar-refractivity contribution in [2.75, 3.05) is 18.0 Å². The van der Waals surface area contributed by atoms with Crippen molar-refractivity contribution in [3.63, 3.8) is 0 Å². The predicted molar refractivity (Wildman–Crippen MR) is 116 cm³/mol. The van der Waals surface area contributed by atoms with Crippen molar-refractivity contribution in [2.24, 2.45) is 0 Å². The number of nitrogens with zero attached hydrogens (tertiary/aromatic N) is 4.